The fourth-order valence-electron chi connectivity index (χ4n) is 1.02. The highest BCUT2D eigenvalue weighted by Crippen LogP contribution is 2.09. The van der Waals surface area contributed by atoms with E-state index in [-0.39, 0.29) is 5.97 Å². The normalized spacial score (nSPS) is 22.8. The van der Waals surface area contributed by atoms with Gasteiger partial charge in [-0.25, -0.2) is 4.79 Å². The summed E-state index contributed by atoms with van der Waals surface area (Å²) in [5.74, 6) is -0.302. The van der Waals surface area contributed by atoms with Crippen LogP contribution < -0.4 is 5.32 Å². The van der Waals surface area contributed by atoms with E-state index in [0.29, 0.717) is 0 Å². The molecule has 1 heterocycles. The Labute approximate surface area is 78.4 Å². The van der Waals surface area contributed by atoms with Gasteiger partial charge in [0.15, 0.2) is 6.17 Å². The predicted octanol–water partition coefficient (Wildman–Crippen LogP) is 0.718. The van der Waals surface area contributed by atoms with E-state index in [0.717, 1.165) is 13.0 Å². The minimum absolute atomic E-state index is 0.302. The van der Waals surface area contributed by atoms with Crippen LogP contribution in [0.25, 0.3) is 0 Å². The number of rotatable bonds is 1. The molecule has 0 aromatic carbocycles. The SMILES string of the molecule is CC(C)(C)OC(=O)C1N=CCCN1. The molecule has 0 spiro atoms. The van der Waals surface area contributed by atoms with Gasteiger partial charge >= 0.3 is 5.97 Å². The number of nitrogens with one attached hydrogen (secondary N) is 1. The maximum atomic E-state index is 11.4. The van der Waals surface area contributed by atoms with Crippen molar-refractivity contribution in [3.63, 3.8) is 0 Å². The average Bonchev–Trinajstić information content (AvgIpc) is 2.03. The van der Waals surface area contributed by atoms with Crippen LogP contribution in [0.4, 0.5) is 0 Å². The molecule has 0 bridgehead atoms. The molecule has 0 saturated heterocycles. The van der Waals surface area contributed by atoms with Gasteiger partial charge in [-0.05, 0) is 27.2 Å². The van der Waals surface area contributed by atoms with Gasteiger partial charge in [0.05, 0.1) is 0 Å². The highest BCUT2D eigenvalue weighted by molar-refractivity contribution is 5.78. The molecule has 1 N–H and O–H groups in total. The standard InChI is InChI=1S/C9H16N2O2/c1-9(2,3)13-8(12)7-10-5-4-6-11-7/h5,7,11H,4,6H2,1-3H3. The number of carbonyl (C=O) groups is 1. The highest BCUT2D eigenvalue weighted by Gasteiger charge is 2.24. The number of esters is 1. The third-order valence-electron chi connectivity index (χ3n) is 1.50. The van der Waals surface area contributed by atoms with Gasteiger partial charge in [-0.2, -0.15) is 0 Å². The van der Waals surface area contributed by atoms with Gasteiger partial charge in [0.2, 0.25) is 0 Å². The van der Waals surface area contributed by atoms with Crippen molar-refractivity contribution in [1.29, 1.82) is 0 Å². The van der Waals surface area contributed by atoms with Gasteiger partial charge in [-0.3, -0.25) is 10.3 Å². The van der Waals surface area contributed by atoms with Crippen LogP contribution in [0.15, 0.2) is 4.99 Å². The van der Waals surface area contributed by atoms with E-state index in [2.05, 4.69) is 10.3 Å². The molecule has 0 radical (unpaired) electrons. The second-order valence-electron chi connectivity index (χ2n) is 4.01. The fraction of sp³-hybridized carbons (Fsp3) is 0.778. The molecule has 1 atom stereocenters. The monoisotopic (exact) mass is 184 g/mol. The van der Waals surface area contributed by atoms with E-state index in [1.165, 1.54) is 0 Å². The smallest absolute Gasteiger partial charge is 0.346 e. The van der Waals surface area contributed by atoms with Crippen LogP contribution in [0, 0.1) is 0 Å². The Bertz CT molecular complexity index is 218. The summed E-state index contributed by atoms with van der Waals surface area (Å²) < 4.78 is 5.16. The molecule has 13 heavy (non-hydrogen) atoms. The maximum Gasteiger partial charge on any atom is 0.346 e. The van der Waals surface area contributed by atoms with Crippen molar-refractivity contribution in [1.82, 2.24) is 5.32 Å². The van der Waals surface area contributed by atoms with E-state index < -0.39 is 11.8 Å². The van der Waals surface area contributed by atoms with Crippen molar-refractivity contribution >= 4 is 12.2 Å². The second kappa shape index (κ2) is 3.87. The zero-order valence-electron chi connectivity index (χ0n) is 8.33. The van der Waals surface area contributed by atoms with Crippen molar-refractivity contribution in [3.05, 3.63) is 0 Å². The third-order valence-corrected chi connectivity index (χ3v) is 1.50. The van der Waals surface area contributed by atoms with Gasteiger partial charge in [0.1, 0.15) is 5.60 Å². The number of hydrogen-bond donors (Lipinski definition) is 1. The zero-order valence-corrected chi connectivity index (χ0v) is 8.33. The van der Waals surface area contributed by atoms with E-state index in [1.807, 2.05) is 20.8 Å². The quantitative estimate of drug-likeness (QED) is 0.611. The lowest BCUT2D eigenvalue weighted by Crippen LogP contribution is -2.42. The lowest BCUT2D eigenvalue weighted by atomic mass is 10.2. The molecule has 0 aromatic heterocycles. The van der Waals surface area contributed by atoms with Crippen LogP contribution in [-0.2, 0) is 9.53 Å². The second-order valence-corrected chi connectivity index (χ2v) is 4.01. The molecule has 1 rings (SSSR count). The minimum atomic E-state index is -0.507. The first kappa shape index (κ1) is 10.2. The summed E-state index contributed by atoms with van der Waals surface area (Å²) in [5.41, 5.74) is -0.439. The Hall–Kier alpha value is -0.900. The van der Waals surface area contributed by atoms with E-state index in [1.54, 1.807) is 6.21 Å². The largest absolute Gasteiger partial charge is 0.457 e. The third kappa shape index (κ3) is 3.55. The molecule has 4 nitrogen and oxygen atoms in total. The zero-order chi connectivity index (χ0) is 9.90. The van der Waals surface area contributed by atoms with Crippen LogP contribution in [0.1, 0.15) is 27.2 Å². The molecule has 0 amide bonds. The van der Waals surface area contributed by atoms with E-state index >= 15 is 0 Å². The minimum Gasteiger partial charge on any atom is -0.457 e. The van der Waals surface area contributed by atoms with E-state index in [9.17, 15) is 4.79 Å². The molecule has 4 heteroatoms. The number of carbonyl (C=O) groups excluding carboxylic acids is 1. The summed E-state index contributed by atoms with van der Waals surface area (Å²) in [5, 5.41) is 2.97. The lowest BCUT2D eigenvalue weighted by molar-refractivity contribution is -0.157. The first-order valence-corrected chi connectivity index (χ1v) is 4.47. The first-order valence-electron chi connectivity index (χ1n) is 4.47. The van der Waals surface area contributed by atoms with Crippen molar-refractivity contribution in [2.45, 2.75) is 39.0 Å². The Morgan fingerprint density at radius 3 is 2.77 bits per heavy atom. The van der Waals surface area contributed by atoms with Crippen molar-refractivity contribution in [2.24, 2.45) is 4.99 Å². The summed E-state index contributed by atoms with van der Waals surface area (Å²) in [6, 6.07) is 0. The fourth-order valence-corrected chi connectivity index (χ4v) is 1.02. The van der Waals surface area contributed by atoms with Crippen LogP contribution >= 0.6 is 0 Å². The van der Waals surface area contributed by atoms with Crippen molar-refractivity contribution in [3.8, 4) is 0 Å². The number of nitrogens with zero attached hydrogens (tertiary/aromatic N) is 1. The van der Waals surface area contributed by atoms with Crippen LogP contribution in [0.5, 0.6) is 0 Å². The van der Waals surface area contributed by atoms with Crippen molar-refractivity contribution in [2.75, 3.05) is 6.54 Å². The first-order chi connectivity index (χ1) is 5.99. The Balaban J connectivity index is 2.47. The summed E-state index contributed by atoms with van der Waals surface area (Å²) in [4.78, 5) is 15.4. The topological polar surface area (TPSA) is 50.7 Å². The molecule has 1 unspecified atom stereocenters. The summed E-state index contributed by atoms with van der Waals surface area (Å²) in [7, 11) is 0. The highest BCUT2D eigenvalue weighted by atomic mass is 16.6. The van der Waals surface area contributed by atoms with E-state index in [4.69, 9.17) is 4.74 Å². The molecule has 1 aliphatic heterocycles. The van der Waals surface area contributed by atoms with Crippen molar-refractivity contribution < 1.29 is 9.53 Å². The molecule has 0 saturated carbocycles. The lowest BCUT2D eigenvalue weighted by Gasteiger charge is -2.23. The number of aliphatic imine (C=N–C) groups is 1. The van der Waals surface area contributed by atoms with Crippen LogP contribution in [0.2, 0.25) is 0 Å². The van der Waals surface area contributed by atoms with Crippen LogP contribution in [-0.4, -0.2) is 30.5 Å². The Morgan fingerprint density at radius 2 is 2.31 bits per heavy atom. The molecule has 0 aliphatic carbocycles. The predicted molar refractivity (Wildman–Crippen MR) is 50.7 cm³/mol. The maximum absolute atomic E-state index is 11.4. The van der Waals surface area contributed by atoms with Crippen LogP contribution in [0.3, 0.4) is 0 Å². The summed E-state index contributed by atoms with van der Waals surface area (Å²) in [6.07, 6.45) is 2.12. The summed E-state index contributed by atoms with van der Waals surface area (Å²) >= 11 is 0. The van der Waals surface area contributed by atoms with Gasteiger partial charge in [0.25, 0.3) is 0 Å². The number of ether oxygens (including phenoxy) is 1. The van der Waals surface area contributed by atoms with Gasteiger partial charge in [-0.15, -0.1) is 0 Å². The molecule has 0 fully saturated rings. The van der Waals surface area contributed by atoms with Gasteiger partial charge < -0.3 is 4.74 Å². The Morgan fingerprint density at radius 1 is 1.62 bits per heavy atom. The molecular formula is C9H16N2O2. The van der Waals surface area contributed by atoms with Gasteiger partial charge in [0, 0.05) is 12.8 Å². The number of hydrogen-bond acceptors (Lipinski definition) is 4. The summed E-state index contributed by atoms with van der Waals surface area (Å²) in [6.45, 7) is 6.32. The average molecular weight is 184 g/mol. The Kier molecular flexibility index (Phi) is 3.03. The molecule has 1 aliphatic rings. The molecule has 0 aromatic rings. The van der Waals surface area contributed by atoms with Gasteiger partial charge in [-0.1, -0.05) is 0 Å². The molecular weight excluding hydrogens is 168 g/mol. The molecule has 74 valence electrons.